The first-order valence-electron chi connectivity index (χ1n) is 6.67. The van der Waals surface area contributed by atoms with Gasteiger partial charge in [0.2, 0.25) is 0 Å². The third kappa shape index (κ3) is 8.52. The molecular formula is C16H28. The molecule has 0 aromatic carbocycles. The van der Waals surface area contributed by atoms with Crippen molar-refractivity contribution in [2.75, 3.05) is 0 Å². The van der Waals surface area contributed by atoms with Gasteiger partial charge in [0.15, 0.2) is 0 Å². The van der Waals surface area contributed by atoms with Crippen LogP contribution in [0.3, 0.4) is 0 Å². The SMILES string of the molecule is CCCC=CCC(C)=C(C)CC=CCCC. The smallest absolute Gasteiger partial charge is 0.0139 e. The molecule has 0 atom stereocenters. The van der Waals surface area contributed by atoms with Crippen molar-refractivity contribution in [3.63, 3.8) is 0 Å². The second-order valence-corrected chi connectivity index (χ2v) is 4.49. The van der Waals surface area contributed by atoms with Crippen LogP contribution < -0.4 is 0 Å². The molecule has 0 bridgehead atoms. The van der Waals surface area contributed by atoms with Crippen molar-refractivity contribution < 1.29 is 0 Å². The van der Waals surface area contributed by atoms with E-state index in [1.807, 2.05) is 0 Å². The Hall–Kier alpha value is -0.780. The summed E-state index contributed by atoms with van der Waals surface area (Å²) >= 11 is 0. The molecule has 92 valence electrons. The van der Waals surface area contributed by atoms with Crippen molar-refractivity contribution in [2.45, 2.75) is 66.2 Å². The Morgan fingerprint density at radius 2 is 1.06 bits per heavy atom. The average molecular weight is 220 g/mol. The third-order valence-corrected chi connectivity index (χ3v) is 2.82. The predicted octanol–water partition coefficient (Wildman–Crippen LogP) is 5.82. The Kier molecular flexibility index (Phi) is 10.2. The fourth-order valence-electron chi connectivity index (χ4n) is 1.44. The van der Waals surface area contributed by atoms with E-state index in [4.69, 9.17) is 0 Å². The second-order valence-electron chi connectivity index (χ2n) is 4.49. The van der Waals surface area contributed by atoms with Gasteiger partial charge in [-0.15, -0.1) is 0 Å². The maximum absolute atomic E-state index is 2.30. The van der Waals surface area contributed by atoms with Gasteiger partial charge >= 0.3 is 0 Å². The van der Waals surface area contributed by atoms with Gasteiger partial charge in [0.25, 0.3) is 0 Å². The number of unbranched alkanes of at least 4 members (excludes halogenated alkanes) is 2. The summed E-state index contributed by atoms with van der Waals surface area (Å²) in [6, 6.07) is 0. The van der Waals surface area contributed by atoms with Crippen LogP contribution in [0.15, 0.2) is 35.5 Å². The highest BCUT2D eigenvalue weighted by atomic mass is 14.0. The minimum atomic E-state index is 1.12. The predicted molar refractivity (Wildman–Crippen MR) is 75.7 cm³/mol. The molecule has 0 N–H and O–H groups in total. The van der Waals surface area contributed by atoms with Crippen LogP contribution in [0.2, 0.25) is 0 Å². The lowest BCUT2D eigenvalue weighted by atomic mass is 10.0. The molecule has 0 aliphatic carbocycles. The molecule has 0 heterocycles. The van der Waals surface area contributed by atoms with Crippen LogP contribution in [0.4, 0.5) is 0 Å². The number of hydrogen-bond donors (Lipinski definition) is 0. The van der Waals surface area contributed by atoms with E-state index < -0.39 is 0 Å². The molecule has 0 aliphatic rings. The normalized spacial score (nSPS) is 13.8. The van der Waals surface area contributed by atoms with Gasteiger partial charge < -0.3 is 0 Å². The van der Waals surface area contributed by atoms with Crippen LogP contribution in [0.1, 0.15) is 66.2 Å². The summed E-state index contributed by atoms with van der Waals surface area (Å²) in [6.45, 7) is 8.94. The Balaban J connectivity index is 3.94. The van der Waals surface area contributed by atoms with E-state index in [1.165, 1.54) is 36.8 Å². The first-order valence-corrected chi connectivity index (χ1v) is 6.67. The fourth-order valence-corrected chi connectivity index (χ4v) is 1.44. The molecular weight excluding hydrogens is 192 g/mol. The van der Waals surface area contributed by atoms with Gasteiger partial charge in [-0.25, -0.2) is 0 Å². The lowest BCUT2D eigenvalue weighted by Gasteiger charge is -2.02. The molecule has 0 nitrogen and oxygen atoms in total. The zero-order valence-corrected chi connectivity index (χ0v) is 11.6. The fraction of sp³-hybridized carbons (Fsp3) is 0.625. The van der Waals surface area contributed by atoms with Crippen molar-refractivity contribution in [3.8, 4) is 0 Å². The van der Waals surface area contributed by atoms with Crippen molar-refractivity contribution >= 4 is 0 Å². The topological polar surface area (TPSA) is 0 Å². The molecule has 0 saturated heterocycles. The largest absolute Gasteiger partial charge is 0.0882 e. The standard InChI is InChI=1S/C16H28/c1-5-7-9-11-13-15(3)16(4)14-12-10-8-6-2/h9-12H,5-8,13-14H2,1-4H3. The Morgan fingerprint density at radius 3 is 1.38 bits per heavy atom. The summed E-state index contributed by atoms with van der Waals surface area (Å²) in [5, 5.41) is 0. The zero-order chi connectivity index (χ0) is 12.2. The van der Waals surface area contributed by atoms with Crippen LogP contribution in [-0.2, 0) is 0 Å². The maximum Gasteiger partial charge on any atom is -0.0139 e. The highest BCUT2D eigenvalue weighted by Gasteiger charge is 1.92. The van der Waals surface area contributed by atoms with Crippen molar-refractivity contribution in [1.82, 2.24) is 0 Å². The molecule has 0 unspecified atom stereocenters. The van der Waals surface area contributed by atoms with Gasteiger partial charge in [-0.3, -0.25) is 0 Å². The van der Waals surface area contributed by atoms with E-state index in [9.17, 15) is 0 Å². The third-order valence-electron chi connectivity index (χ3n) is 2.82. The molecule has 0 aromatic heterocycles. The summed E-state index contributed by atoms with van der Waals surface area (Å²) in [4.78, 5) is 0. The van der Waals surface area contributed by atoms with Gasteiger partial charge in [0, 0.05) is 0 Å². The second kappa shape index (κ2) is 10.7. The van der Waals surface area contributed by atoms with Crippen molar-refractivity contribution in [3.05, 3.63) is 35.5 Å². The van der Waals surface area contributed by atoms with Crippen LogP contribution in [0.5, 0.6) is 0 Å². The summed E-state index contributed by atoms with van der Waals surface area (Å²) in [5.41, 5.74) is 3.04. The van der Waals surface area contributed by atoms with Crippen LogP contribution in [0.25, 0.3) is 0 Å². The highest BCUT2D eigenvalue weighted by Crippen LogP contribution is 2.13. The molecule has 0 amide bonds. The Labute approximate surface area is 102 Å². The van der Waals surface area contributed by atoms with Crippen molar-refractivity contribution in [2.24, 2.45) is 0 Å². The van der Waals surface area contributed by atoms with Crippen LogP contribution >= 0.6 is 0 Å². The molecule has 0 rings (SSSR count). The van der Waals surface area contributed by atoms with Gasteiger partial charge in [-0.1, -0.05) is 62.1 Å². The van der Waals surface area contributed by atoms with E-state index in [0.29, 0.717) is 0 Å². The van der Waals surface area contributed by atoms with E-state index >= 15 is 0 Å². The lowest BCUT2D eigenvalue weighted by Crippen LogP contribution is -1.82. The van der Waals surface area contributed by atoms with E-state index in [-0.39, 0.29) is 0 Å². The summed E-state index contributed by atoms with van der Waals surface area (Å²) < 4.78 is 0. The molecule has 0 saturated carbocycles. The number of rotatable bonds is 8. The molecule has 0 fully saturated rings. The van der Waals surface area contributed by atoms with Gasteiger partial charge in [0.05, 0.1) is 0 Å². The van der Waals surface area contributed by atoms with Gasteiger partial charge in [-0.2, -0.15) is 0 Å². The first kappa shape index (κ1) is 15.2. The van der Waals surface area contributed by atoms with Crippen molar-refractivity contribution in [1.29, 1.82) is 0 Å². The van der Waals surface area contributed by atoms with Gasteiger partial charge in [-0.05, 0) is 39.5 Å². The molecule has 0 aliphatic heterocycles. The van der Waals surface area contributed by atoms with E-state index in [1.54, 1.807) is 0 Å². The van der Waals surface area contributed by atoms with Crippen LogP contribution in [0, 0.1) is 0 Å². The number of hydrogen-bond acceptors (Lipinski definition) is 0. The Morgan fingerprint density at radius 1 is 0.688 bits per heavy atom. The van der Waals surface area contributed by atoms with E-state index in [0.717, 1.165) is 12.8 Å². The molecule has 0 aromatic rings. The summed E-state index contributed by atoms with van der Waals surface area (Å²) in [7, 11) is 0. The number of allylic oxidation sites excluding steroid dienone is 6. The highest BCUT2D eigenvalue weighted by molar-refractivity contribution is 5.15. The van der Waals surface area contributed by atoms with E-state index in [2.05, 4.69) is 52.0 Å². The van der Waals surface area contributed by atoms with Gasteiger partial charge in [0.1, 0.15) is 0 Å². The monoisotopic (exact) mass is 220 g/mol. The summed E-state index contributed by atoms with van der Waals surface area (Å²) in [6.07, 6.45) is 16.4. The lowest BCUT2D eigenvalue weighted by molar-refractivity contribution is 0.947. The Bertz CT molecular complexity index is 215. The minimum absolute atomic E-state index is 1.12. The minimum Gasteiger partial charge on any atom is -0.0882 e. The maximum atomic E-state index is 2.30. The quantitative estimate of drug-likeness (QED) is 0.452. The molecule has 0 heteroatoms. The molecule has 0 spiro atoms. The first-order chi connectivity index (χ1) is 7.72. The zero-order valence-electron chi connectivity index (χ0n) is 11.6. The summed E-state index contributed by atoms with van der Waals surface area (Å²) in [5.74, 6) is 0. The van der Waals surface area contributed by atoms with Crippen LogP contribution in [-0.4, -0.2) is 0 Å². The molecule has 0 radical (unpaired) electrons. The molecule has 16 heavy (non-hydrogen) atoms. The average Bonchev–Trinajstić information content (AvgIpc) is 2.29.